The Bertz CT molecular complexity index is 589. The van der Waals surface area contributed by atoms with E-state index in [4.69, 9.17) is 9.52 Å². The number of furan rings is 1. The molecular formula is C12H17NO5S. The van der Waals surface area contributed by atoms with E-state index in [0.717, 1.165) is 18.9 Å². The van der Waals surface area contributed by atoms with Crippen molar-refractivity contribution in [3.8, 4) is 0 Å². The third-order valence-electron chi connectivity index (χ3n) is 3.32. The maximum Gasteiger partial charge on any atom is 0.371 e. The van der Waals surface area contributed by atoms with Crippen LogP contribution in [0.15, 0.2) is 15.4 Å². The monoisotopic (exact) mass is 287 g/mol. The molecule has 0 radical (unpaired) electrons. The van der Waals surface area contributed by atoms with Gasteiger partial charge in [0.1, 0.15) is 10.7 Å². The second-order valence-corrected chi connectivity index (χ2v) is 6.85. The van der Waals surface area contributed by atoms with Crippen molar-refractivity contribution in [2.75, 3.05) is 13.1 Å². The molecule has 1 fully saturated rings. The number of hydrogen-bond acceptors (Lipinski definition) is 4. The summed E-state index contributed by atoms with van der Waals surface area (Å²) in [6.45, 7) is 4.41. The standard InChI is InChI=1S/C12H17NO5S/c1-8-4-3-5-13(7-8)19(16,17)11-6-10(12(14)15)18-9(11)2/h6,8H,3-5,7H2,1-2H3,(H,14,15). The van der Waals surface area contributed by atoms with Crippen LogP contribution >= 0.6 is 0 Å². The Balaban J connectivity index is 2.36. The molecule has 1 unspecified atom stereocenters. The minimum Gasteiger partial charge on any atom is -0.475 e. The zero-order valence-corrected chi connectivity index (χ0v) is 11.7. The molecule has 6 nitrogen and oxygen atoms in total. The molecule has 0 saturated carbocycles. The van der Waals surface area contributed by atoms with Crippen LogP contribution in [0.3, 0.4) is 0 Å². The van der Waals surface area contributed by atoms with E-state index in [1.165, 1.54) is 11.2 Å². The zero-order chi connectivity index (χ0) is 14.2. The van der Waals surface area contributed by atoms with E-state index < -0.39 is 16.0 Å². The highest BCUT2D eigenvalue weighted by Gasteiger charge is 2.32. The minimum atomic E-state index is -3.66. The Morgan fingerprint density at radius 3 is 2.74 bits per heavy atom. The number of nitrogens with zero attached hydrogens (tertiary/aromatic N) is 1. The maximum atomic E-state index is 12.5. The molecule has 0 bridgehead atoms. The SMILES string of the molecule is Cc1oc(C(=O)O)cc1S(=O)(=O)N1CCCC(C)C1. The maximum absolute atomic E-state index is 12.5. The van der Waals surface area contributed by atoms with Gasteiger partial charge in [-0.25, -0.2) is 13.2 Å². The van der Waals surface area contributed by atoms with E-state index in [0.29, 0.717) is 19.0 Å². The van der Waals surface area contributed by atoms with Crippen molar-refractivity contribution in [3.05, 3.63) is 17.6 Å². The molecule has 1 aromatic rings. The lowest BCUT2D eigenvalue weighted by atomic mass is 10.0. The Morgan fingerprint density at radius 1 is 1.53 bits per heavy atom. The summed E-state index contributed by atoms with van der Waals surface area (Å²) in [5.74, 6) is -1.18. The third kappa shape index (κ3) is 2.66. The number of hydrogen-bond donors (Lipinski definition) is 1. The van der Waals surface area contributed by atoms with E-state index in [-0.39, 0.29) is 16.4 Å². The normalized spacial score (nSPS) is 21.5. The number of piperidine rings is 1. The van der Waals surface area contributed by atoms with Gasteiger partial charge in [-0.2, -0.15) is 4.31 Å². The van der Waals surface area contributed by atoms with Gasteiger partial charge in [0.05, 0.1) is 0 Å². The predicted molar refractivity (Wildman–Crippen MR) is 67.6 cm³/mol. The average Bonchev–Trinajstić information content (AvgIpc) is 2.72. The largest absolute Gasteiger partial charge is 0.475 e. The number of carboxylic acid groups (broad SMARTS) is 1. The van der Waals surface area contributed by atoms with Crippen molar-refractivity contribution in [2.45, 2.75) is 31.6 Å². The summed E-state index contributed by atoms with van der Waals surface area (Å²) < 4.78 is 31.3. The van der Waals surface area contributed by atoms with E-state index >= 15 is 0 Å². The fourth-order valence-corrected chi connectivity index (χ4v) is 4.09. The molecule has 106 valence electrons. The lowest BCUT2D eigenvalue weighted by Gasteiger charge is -2.29. The Morgan fingerprint density at radius 2 is 2.21 bits per heavy atom. The van der Waals surface area contributed by atoms with Crippen molar-refractivity contribution in [2.24, 2.45) is 5.92 Å². The van der Waals surface area contributed by atoms with E-state index in [9.17, 15) is 13.2 Å². The van der Waals surface area contributed by atoms with Crippen molar-refractivity contribution < 1.29 is 22.7 Å². The highest BCUT2D eigenvalue weighted by atomic mass is 32.2. The summed E-state index contributed by atoms with van der Waals surface area (Å²) in [6.07, 6.45) is 1.83. The van der Waals surface area contributed by atoms with Crippen LogP contribution in [0.5, 0.6) is 0 Å². The van der Waals surface area contributed by atoms with Crippen LogP contribution in [0.4, 0.5) is 0 Å². The molecule has 1 aliphatic heterocycles. The van der Waals surface area contributed by atoms with Crippen LogP contribution in [0.2, 0.25) is 0 Å². The molecule has 1 N–H and O–H groups in total. The van der Waals surface area contributed by atoms with Crippen LogP contribution in [0.25, 0.3) is 0 Å². The highest BCUT2D eigenvalue weighted by molar-refractivity contribution is 7.89. The first-order chi connectivity index (χ1) is 8.82. The van der Waals surface area contributed by atoms with Crippen LogP contribution < -0.4 is 0 Å². The molecule has 0 aliphatic carbocycles. The predicted octanol–water partition coefficient (Wildman–Crippen LogP) is 1.71. The van der Waals surface area contributed by atoms with Gasteiger partial charge in [0.15, 0.2) is 0 Å². The van der Waals surface area contributed by atoms with Gasteiger partial charge in [-0.05, 0) is 25.7 Å². The lowest BCUT2D eigenvalue weighted by Crippen LogP contribution is -2.39. The molecule has 1 aromatic heterocycles. The molecule has 1 aliphatic rings. The molecule has 19 heavy (non-hydrogen) atoms. The van der Waals surface area contributed by atoms with E-state index in [2.05, 4.69) is 0 Å². The lowest BCUT2D eigenvalue weighted by molar-refractivity contribution is 0.0661. The first-order valence-corrected chi connectivity index (χ1v) is 7.60. The summed E-state index contributed by atoms with van der Waals surface area (Å²) in [6, 6.07) is 1.09. The topological polar surface area (TPSA) is 87.8 Å². The molecule has 7 heteroatoms. The summed E-state index contributed by atoms with van der Waals surface area (Å²) >= 11 is 0. The number of aryl methyl sites for hydroxylation is 1. The molecule has 0 amide bonds. The summed E-state index contributed by atoms with van der Waals surface area (Å²) in [4.78, 5) is 10.8. The smallest absolute Gasteiger partial charge is 0.371 e. The molecule has 2 rings (SSSR count). The van der Waals surface area contributed by atoms with Crippen molar-refractivity contribution in [1.29, 1.82) is 0 Å². The van der Waals surface area contributed by atoms with Gasteiger partial charge in [-0.15, -0.1) is 0 Å². The number of aromatic carboxylic acids is 1. The summed E-state index contributed by atoms with van der Waals surface area (Å²) in [5, 5.41) is 8.84. The fraction of sp³-hybridized carbons (Fsp3) is 0.583. The Labute approximate surface area is 112 Å². The third-order valence-corrected chi connectivity index (χ3v) is 5.29. The second kappa shape index (κ2) is 4.97. The first kappa shape index (κ1) is 14.1. The molecule has 1 saturated heterocycles. The number of carboxylic acids is 1. The molecular weight excluding hydrogens is 270 g/mol. The number of carbonyl (C=O) groups is 1. The Hall–Kier alpha value is -1.34. The molecule has 0 spiro atoms. The van der Waals surface area contributed by atoms with Crippen LogP contribution in [-0.2, 0) is 10.0 Å². The summed E-state index contributed by atoms with van der Waals surface area (Å²) in [5.41, 5.74) is 0. The van der Waals surface area contributed by atoms with Gasteiger partial charge in [-0.3, -0.25) is 0 Å². The van der Waals surface area contributed by atoms with Gasteiger partial charge in [0.2, 0.25) is 15.8 Å². The van der Waals surface area contributed by atoms with E-state index in [1.54, 1.807) is 0 Å². The fourth-order valence-electron chi connectivity index (χ4n) is 2.33. The van der Waals surface area contributed by atoms with E-state index in [1.807, 2.05) is 6.92 Å². The molecule has 0 aromatic carbocycles. The van der Waals surface area contributed by atoms with Crippen LogP contribution in [0.1, 0.15) is 36.1 Å². The van der Waals surface area contributed by atoms with Crippen LogP contribution in [0, 0.1) is 12.8 Å². The minimum absolute atomic E-state index is 0.0426. The molecule has 2 heterocycles. The van der Waals surface area contributed by atoms with Crippen molar-refractivity contribution in [1.82, 2.24) is 4.31 Å². The second-order valence-electron chi connectivity index (χ2n) is 4.95. The quantitative estimate of drug-likeness (QED) is 0.914. The highest BCUT2D eigenvalue weighted by Crippen LogP contribution is 2.27. The first-order valence-electron chi connectivity index (χ1n) is 6.16. The van der Waals surface area contributed by atoms with Gasteiger partial charge in [0, 0.05) is 19.2 Å². The van der Waals surface area contributed by atoms with Crippen LogP contribution in [-0.4, -0.2) is 36.9 Å². The van der Waals surface area contributed by atoms with Gasteiger partial charge in [-0.1, -0.05) is 6.92 Å². The average molecular weight is 287 g/mol. The van der Waals surface area contributed by atoms with Crippen molar-refractivity contribution in [3.63, 3.8) is 0 Å². The van der Waals surface area contributed by atoms with Gasteiger partial charge in [0.25, 0.3) is 0 Å². The zero-order valence-electron chi connectivity index (χ0n) is 10.9. The number of sulfonamides is 1. The van der Waals surface area contributed by atoms with Gasteiger partial charge >= 0.3 is 5.97 Å². The summed E-state index contributed by atoms with van der Waals surface area (Å²) in [7, 11) is -3.66. The van der Waals surface area contributed by atoms with Gasteiger partial charge < -0.3 is 9.52 Å². The molecule has 1 atom stereocenters. The Kier molecular flexibility index (Phi) is 3.69. The number of rotatable bonds is 3. The van der Waals surface area contributed by atoms with Crippen molar-refractivity contribution >= 4 is 16.0 Å².